The summed E-state index contributed by atoms with van der Waals surface area (Å²) in [5, 5.41) is 0. The molecule has 0 aromatic heterocycles. The minimum absolute atomic E-state index is 0.464. The van der Waals surface area contributed by atoms with Gasteiger partial charge in [0.05, 0.1) is 6.04 Å². The van der Waals surface area contributed by atoms with Gasteiger partial charge in [-0.15, -0.1) is 0 Å². The first-order valence-electron chi connectivity index (χ1n) is 7.49. The molecule has 2 nitrogen and oxygen atoms in total. The van der Waals surface area contributed by atoms with E-state index < -0.39 is 0 Å². The van der Waals surface area contributed by atoms with Crippen molar-refractivity contribution in [1.82, 2.24) is 0 Å². The van der Waals surface area contributed by atoms with Gasteiger partial charge in [0.2, 0.25) is 0 Å². The highest BCUT2D eigenvalue weighted by Gasteiger charge is 2.27. The number of rotatable bonds is 3. The van der Waals surface area contributed by atoms with Gasteiger partial charge in [0.1, 0.15) is 0 Å². The smallest absolute Gasteiger partial charge is 0.0543 e. The first-order chi connectivity index (χ1) is 9.79. The number of para-hydroxylation sites is 1. The molecule has 0 bridgehead atoms. The zero-order chi connectivity index (χ0) is 13.9. The van der Waals surface area contributed by atoms with Gasteiger partial charge in [0.15, 0.2) is 0 Å². The highest BCUT2D eigenvalue weighted by atomic mass is 15.2. The summed E-state index contributed by atoms with van der Waals surface area (Å²) in [5.41, 5.74) is 11.0. The SMILES string of the molecule is CCc1ccccc1N1CCCC1c1cccc(N)c1. The van der Waals surface area contributed by atoms with Crippen molar-refractivity contribution in [3.8, 4) is 0 Å². The van der Waals surface area contributed by atoms with Gasteiger partial charge in [-0.05, 0) is 48.6 Å². The van der Waals surface area contributed by atoms with Crippen LogP contribution in [0.4, 0.5) is 11.4 Å². The Morgan fingerprint density at radius 3 is 2.80 bits per heavy atom. The molecule has 1 atom stereocenters. The molecule has 2 N–H and O–H groups in total. The van der Waals surface area contributed by atoms with Crippen molar-refractivity contribution in [2.24, 2.45) is 0 Å². The van der Waals surface area contributed by atoms with Crippen molar-refractivity contribution in [3.05, 3.63) is 59.7 Å². The van der Waals surface area contributed by atoms with Gasteiger partial charge in [0.25, 0.3) is 0 Å². The molecule has 3 rings (SSSR count). The van der Waals surface area contributed by atoms with Crippen LogP contribution in [0.1, 0.15) is 36.9 Å². The normalized spacial score (nSPS) is 18.4. The Morgan fingerprint density at radius 2 is 2.00 bits per heavy atom. The number of nitrogens with zero attached hydrogens (tertiary/aromatic N) is 1. The lowest BCUT2D eigenvalue weighted by molar-refractivity contribution is 0.717. The lowest BCUT2D eigenvalue weighted by Gasteiger charge is -2.29. The maximum absolute atomic E-state index is 5.95. The van der Waals surface area contributed by atoms with E-state index in [1.165, 1.54) is 29.7 Å². The van der Waals surface area contributed by atoms with Crippen LogP contribution in [0.3, 0.4) is 0 Å². The predicted octanol–water partition coefficient (Wildman–Crippen LogP) is 4.17. The van der Waals surface area contributed by atoms with Crippen LogP contribution in [0.25, 0.3) is 0 Å². The minimum atomic E-state index is 0.464. The van der Waals surface area contributed by atoms with E-state index in [1.54, 1.807) is 0 Å². The zero-order valence-electron chi connectivity index (χ0n) is 12.0. The molecule has 1 heterocycles. The molecule has 1 fully saturated rings. The summed E-state index contributed by atoms with van der Waals surface area (Å²) in [4.78, 5) is 2.55. The largest absolute Gasteiger partial charge is 0.399 e. The van der Waals surface area contributed by atoms with Crippen molar-refractivity contribution in [1.29, 1.82) is 0 Å². The second-order valence-electron chi connectivity index (χ2n) is 5.50. The molecule has 0 aliphatic carbocycles. The van der Waals surface area contributed by atoms with Crippen LogP contribution in [-0.2, 0) is 6.42 Å². The van der Waals surface area contributed by atoms with Gasteiger partial charge >= 0.3 is 0 Å². The number of nitrogens with two attached hydrogens (primary N) is 1. The first-order valence-corrected chi connectivity index (χ1v) is 7.49. The van der Waals surface area contributed by atoms with E-state index in [-0.39, 0.29) is 0 Å². The molecule has 1 aliphatic heterocycles. The maximum Gasteiger partial charge on any atom is 0.0543 e. The Labute approximate surface area is 121 Å². The summed E-state index contributed by atoms with van der Waals surface area (Å²) in [7, 11) is 0. The Morgan fingerprint density at radius 1 is 1.15 bits per heavy atom. The highest BCUT2D eigenvalue weighted by Crippen LogP contribution is 2.38. The molecular formula is C18H22N2. The van der Waals surface area contributed by atoms with Gasteiger partial charge in [-0.2, -0.15) is 0 Å². The fourth-order valence-corrected chi connectivity index (χ4v) is 3.26. The second kappa shape index (κ2) is 5.58. The van der Waals surface area contributed by atoms with Gasteiger partial charge in [-0.3, -0.25) is 0 Å². The van der Waals surface area contributed by atoms with Gasteiger partial charge < -0.3 is 10.6 Å². The summed E-state index contributed by atoms with van der Waals surface area (Å²) >= 11 is 0. The van der Waals surface area contributed by atoms with E-state index in [0.717, 1.165) is 18.7 Å². The number of anilines is 2. The summed E-state index contributed by atoms with van der Waals surface area (Å²) in [5.74, 6) is 0. The minimum Gasteiger partial charge on any atom is -0.399 e. The lowest BCUT2D eigenvalue weighted by atomic mass is 10.0. The summed E-state index contributed by atoms with van der Waals surface area (Å²) in [6.45, 7) is 3.36. The number of hydrogen-bond donors (Lipinski definition) is 1. The van der Waals surface area contributed by atoms with Crippen LogP contribution in [0.5, 0.6) is 0 Å². The van der Waals surface area contributed by atoms with E-state index in [9.17, 15) is 0 Å². The summed E-state index contributed by atoms with van der Waals surface area (Å²) in [6.07, 6.45) is 3.54. The molecule has 20 heavy (non-hydrogen) atoms. The Balaban J connectivity index is 1.96. The average Bonchev–Trinajstić information content (AvgIpc) is 2.96. The molecular weight excluding hydrogens is 244 g/mol. The van der Waals surface area contributed by atoms with Crippen molar-refractivity contribution in [2.75, 3.05) is 17.2 Å². The van der Waals surface area contributed by atoms with E-state index in [2.05, 4.69) is 54.3 Å². The molecule has 0 saturated carbocycles. The van der Waals surface area contributed by atoms with E-state index >= 15 is 0 Å². The summed E-state index contributed by atoms with van der Waals surface area (Å²) in [6, 6.07) is 17.6. The summed E-state index contributed by atoms with van der Waals surface area (Å²) < 4.78 is 0. The van der Waals surface area contributed by atoms with Crippen LogP contribution in [0.15, 0.2) is 48.5 Å². The van der Waals surface area contributed by atoms with Gasteiger partial charge in [0, 0.05) is 17.9 Å². The van der Waals surface area contributed by atoms with Gasteiger partial charge in [-0.1, -0.05) is 37.3 Å². The van der Waals surface area contributed by atoms with Crippen LogP contribution < -0.4 is 10.6 Å². The van der Waals surface area contributed by atoms with Crippen LogP contribution >= 0.6 is 0 Å². The number of aryl methyl sites for hydroxylation is 1. The number of hydrogen-bond acceptors (Lipinski definition) is 2. The molecule has 0 radical (unpaired) electrons. The Hall–Kier alpha value is -1.96. The van der Waals surface area contributed by atoms with Crippen molar-refractivity contribution < 1.29 is 0 Å². The molecule has 1 saturated heterocycles. The van der Waals surface area contributed by atoms with E-state index in [4.69, 9.17) is 5.73 Å². The van der Waals surface area contributed by atoms with E-state index in [1.807, 2.05) is 6.07 Å². The van der Waals surface area contributed by atoms with Crippen molar-refractivity contribution in [2.45, 2.75) is 32.2 Å². The van der Waals surface area contributed by atoms with Crippen molar-refractivity contribution >= 4 is 11.4 Å². The molecule has 104 valence electrons. The predicted molar refractivity (Wildman–Crippen MR) is 86.0 cm³/mol. The fraction of sp³-hybridized carbons (Fsp3) is 0.333. The third kappa shape index (κ3) is 2.38. The molecule has 2 aromatic carbocycles. The van der Waals surface area contributed by atoms with Crippen LogP contribution in [-0.4, -0.2) is 6.54 Å². The quantitative estimate of drug-likeness (QED) is 0.845. The molecule has 2 aromatic rings. The number of benzene rings is 2. The van der Waals surface area contributed by atoms with Gasteiger partial charge in [-0.25, -0.2) is 0 Å². The molecule has 0 spiro atoms. The molecule has 1 unspecified atom stereocenters. The molecule has 1 aliphatic rings. The van der Waals surface area contributed by atoms with Crippen molar-refractivity contribution in [3.63, 3.8) is 0 Å². The topological polar surface area (TPSA) is 29.3 Å². The Bertz CT molecular complexity index is 591. The third-order valence-corrected chi connectivity index (χ3v) is 4.23. The average molecular weight is 266 g/mol. The van der Waals surface area contributed by atoms with E-state index in [0.29, 0.717) is 6.04 Å². The monoisotopic (exact) mass is 266 g/mol. The van der Waals surface area contributed by atoms with Crippen LogP contribution in [0, 0.1) is 0 Å². The lowest BCUT2D eigenvalue weighted by Crippen LogP contribution is -2.23. The second-order valence-corrected chi connectivity index (χ2v) is 5.50. The maximum atomic E-state index is 5.95. The fourth-order valence-electron chi connectivity index (χ4n) is 3.26. The zero-order valence-corrected chi connectivity index (χ0v) is 12.0. The van der Waals surface area contributed by atoms with Crippen LogP contribution in [0.2, 0.25) is 0 Å². The third-order valence-electron chi connectivity index (χ3n) is 4.23. The number of nitrogen functional groups attached to an aromatic ring is 1. The first kappa shape index (κ1) is 13.0. The standard InChI is InChI=1S/C18H22N2/c1-2-14-7-3-4-10-17(14)20-12-6-11-18(20)15-8-5-9-16(19)13-15/h3-5,7-10,13,18H,2,6,11-12,19H2,1H3. The molecule has 2 heteroatoms. The molecule has 0 amide bonds. The Kier molecular flexibility index (Phi) is 3.64. The highest BCUT2D eigenvalue weighted by molar-refractivity contribution is 5.57.